The van der Waals surface area contributed by atoms with E-state index < -0.39 is 37.2 Å². The maximum absolute atomic E-state index is 9.66. The molecule has 1 rings (SSSR count). The molecule has 6 heteroatoms. The smallest absolute Gasteiger partial charge is 0.186 e. The van der Waals surface area contributed by atoms with Crippen molar-refractivity contribution in [1.29, 1.82) is 0 Å². The Morgan fingerprint density at radius 1 is 1.38 bits per heavy atom. The van der Waals surface area contributed by atoms with E-state index in [2.05, 4.69) is 9.47 Å². The van der Waals surface area contributed by atoms with Gasteiger partial charge in [0.1, 0.15) is 24.3 Å². The Hall–Kier alpha value is -0.240. The largest absolute Gasteiger partial charge is 0.394 e. The number of hydrogen-bond acceptors (Lipinski definition) is 6. The molecule has 78 valence electrons. The summed E-state index contributed by atoms with van der Waals surface area (Å²) in [6.07, 6.45) is -17.0. The predicted molar refractivity (Wildman–Crippen MR) is 40.8 cm³/mol. The summed E-state index contributed by atoms with van der Waals surface area (Å²) in [5.74, 6) is 0. The van der Waals surface area contributed by atoms with Gasteiger partial charge in [-0.1, -0.05) is 0 Å². The molecule has 1 aliphatic rings. The van der Waals surface area contributed by atoms with E-state index in [1.54, 1.807) is 0 Å². The normalized spacial score (nSPS) is 76.8. The summed E-state index contributed by atoms with van der Waals surface area (Å²) in [5, 5.41) is 38.1. The van der Waals surface area contributed by atoms with E-state index in [9.17, 15) is 15.3 Å². The minimum atomic E-state index is -3.81. The second kappa shape index (κ2) is 4.32. The molecule has 0 amide bonds. The molecule has 5 atom stereocenters. The summed E-state index contributed by atoms with van der Waals surface area (Å²) in [7, 11) is 0.751. The topological polar surface area (TPSA) is 99.4 Å². The van der Waals surface area contributed by atoms with Gasteiger partial charge in [-0.3, -0.25) is 0 Å². The highest BCUT2D eigenvalue weighted by molar-refractivity contribution is 4.88. The van der Waals surface area contributed by atoms with Gasteiger partial charge in [-0.25, -0.2) is 0 Å². The van der Waals surface area contributed by atoms with Crippen molar-refractivity contribution in [1.82, 2.24) is 0 Å². The second-order valence-corrected chi connectivity index (χ2v) is 2.20. The molecule has 1 saturated heterocycles. The van der Waals surface area contributed by atoms with Gasteiger partial charge in [0.2, 0.25) is 0 Å². The maximum Gasteiger partial charge on any atom is 0.186 e. The van der Waals surface area contributed by atoms with Gasteiger partial charge in [-0.15, -0.1) is 0 Å². The Labute approximate surface area is 83.8 Å². The van der Waals surface area contributed by atoms with Crippen molar-refractivity contribution in [2.45, 2.75) is 30.6 Å². The quantitative estimate of drug-likeness (QED) is 0.391. The Balaban J connectivity index is 3.47. The highest BCUT2D eigenvalue weighted by atomic mass is 16.7. The molecule has 0 bridgehead atoms. The van der Waals surface area contributed by atoms with Crippen LogP contribution >= 0.6 is 0 Å². The van der Waals surface area contributed by atoms with Crippen molar-refractivity contribution in [3.05, 3.63) is 0 Å². The van der Waals surface area contributed by atoms with Crippen LogP contribution in [0.15, 0.2) is 0 Å². The van der Waals surface area contributed by atoms with Crippen LogP contribution in [0.3, 0.4) is 0 Å². The number of ether oxygens (including phenoxy) is 2. The summed E-state index contributed by atoms with van der Waals surface area (Å²) in [6, 6.07) is 0. The second-order valence-electron chi connectivity index (χ2n) is 2.20. The van der Waals surface area contributed by atoms with Gasteiger partial charge >= 0.3 is 0 Å². The third-order valence-electron chi connectivity index (χ3n) is 1.44. The zero-order valence-corrected chi connectivity index (χ0v) is 6.68. The van der Waals surface area contributed by atoms with Gasteiger partial charge in [-0.2, -0.15) is 0 Å². The van der Waals surface area contributed by atoms with Gasteiger partial charge < -0.3 is 29.9 Å². The van der Waals surface area contributed by atoms with Crippen LogP contribution in [-0.4, -0.2) is 64.7 Å². The van der Waals surface area contributed by atoms with E-state index in [0.29, 0.717) is 0 Å². The van der Waals surface area contributed by atoms with Crippen LogP contribution in [0.1, 0.15) is 8.22 Å². The number of rotatable bonds is 2. The SMILES string of the molecule is [2H]C([2H])(O)[C@H]1O[C@]([2H])(OC)[C@@]([2H])(O)[C@@]([2H])(O)[C@]1([2H])O. The molecule has 1 heterocycles. The molecule has 0 radical (unpaired) electrons. The van der Waals surface area contributed by atoms with Crippen LogP contribution in [0.5, 0.6) is 0 Å². The minimum absolute atomic E-state index is 0.751. The summed E-state index contributed by atoms with van der Waals surface area (Å²) in [4.78, 5) is 0. The van der Waals surface area contributed by atoms with Crippen LogP contribution in [0, 0.1) is 0 Å². The molecule has 1 fully saturated rings. The Bertz CT molecular complexity index is 368. The molecular formula is C7H14O6. The monoisotopic (exact) mass is 200 g/mol. The Kier molecular flexibility index (Phi) is 1.66. The first kappa shape index (κ1) is 5.01. The van der Waals surface area contributed by atoms with E-state index >= 15 is 0 Å². The lowest BCUT2D eigenvalue weighted by Gasteiger charge is -2.38. The van der Waals surface area contributed by atoms with Crippen LogP contribution in [0.4, 0.5) is 0 Å². The van der Waals surface area contributed by atoms with Crippen LogP contribution in [0.2, 0.25) is 0 Å². The molecule has 0 spiro atoms. The molecule has 0 aromatic carbocycles. The molecule has 0 saturated carbocycles. The van der Waals surface area contributed by atoms with Crippen LogP contribution in [-0.2, 0) is 9.47 Å². The summed E-state index contributed by atoms with van der Waals surface area (Å²) in [5.41, 5.74) is 0. The van der Waals surface area contributed by atoms with Gasteiger partial charge in [0.25, 0.3) is 0 Å². The lowest BCUT2D eigenvalue weighted by molar-refractivity contribution is -0.294. The number of methoxy groups -OCH3 is 1. The minimum Gasteiger partial charge on any atom is -0.394 e. The molecule has 6 nitrogen and oxygen atoms in total. The standard InChI is InChI=1S/C7H14O6/c1-12-7-6(11)5(10)4(9)3(2-8)13-7/h3-11H,2H2,1H3/t3-,4-,5+,6+,7+/m1/s1/i2D2,4D,5D,6D,7D. The average Bonchev–Trinajstić information content (AvgIpc) is 2.21. The maximum atomic E-state index is 9.66. The zero-order valence-electron chi connectivity index (χ0n) is 12.7. The summed E-state index contributed by atoms with van der Waals surface area (Å²) >= 11 is 0. The lowest BCUT2D eigenvalue weighted by Crippen LogP contribution is -2.58. The molecule has 13 heavy (non-hydrogen) atoms. The Morgan fingerprint density at radius 2 is 2.00 bits per heavy atom. The number of aliphatic hydroxyl groups is 4. The first-order valence-corrected chi connectivity index (χ1v) is 3.27. The van der Waals surface area contributed by atoms with Gasteiger partial charge in [0, 0.05) is 7.11 Å². The van der Waals surface area contributed by atoms with Gasteiger partial charge in [0.05, 0.1) is 14.8 Å². The Morgan fingerprint density at radius 3 is 2.46 bits per heavy atom. The molecule has 4 N–H and O–H groups in total. The first-order valence-electron chi connectivity index (χ1n) is 6.27. The van der Waals surface area contributed by atoms with E-state index in [0.717, 1.165) is 7.11 Å². The van der Waals surface area contributed by atoms with Crippen molar-refractivity contribution < 1.29 is 38.1 Å². The molecule has 0 aromatic rings. The van der Waals surface area contributed by atoms with Crippen molar-refractivity contribution >= 4 is 0 Å². The van der Waals surface area contributed by atoms with Crippen LogP contribution in [0.25, 0.3) is 0 Å². The molecular weight excluding hydrogens is 180 g/mol. The van der Waals surface area contributed by atoms with Crippen molar-refractivity contribution in [3.8, 4) is 0 Å². The van der Waals surface area contributed by atoms with Gasteiger partial charge in [-0.05, 0) is 0 Å². The fraction of sp³-hybridized carbons (Fsp3) is 1.00. The third-order valence-corrected chi connectivity index (χ3v) is 1.44. The third kappa shape index (κ3) is 1.98. The van der Waals surface area contributed by atoms with Crippen molar-refractivity contribution in [2.24, 2.45) is 0 Å². The highest BCUT2D eigenvalue weighted by Crippen LogP contribution is 2.20. The molecule has 0 aromatic heterocycles. The molecule has 0 aliphatic carbocycles. The summed E-state index contributed by atoms with van der Waals surface area (Å²) < 4.78 is 52.1. The fourth-order valence-electron chi connectivity index (χ4n) is 0.793. The molecule has 1 aliphatic heterocycles. The number of hydrogen-bond donors (Lipinski definition) is 4. The van der Waals surface area contributed by atoms with Crippen molar-refractivity contribution in [3.63, 3.8) is 0 Å². The van der Waals surface area contributed by atoms with E-state index in [-0.39, 0.29) is 0 Å². The summed E-state index contributed by atoms with van der Waals surface area (Å²) in [6.45, 7) is -3.45. The zero-order chi connectivity index (χ0) is 15.5. The fourth-order valence-corrected chi connectivity index (χ4v) is 0.793. The molecule has 0 unspecified atom stereocenters. The van der Waals surface area contributed by atoms with E-state index in [1.807, 2.05) is 0 Å². The van der Waals surface area contributed by atoms with E-state index in [1.165, 1.54) is 0 Å². The van der Waals surface area contributed by atoms with E-state index in [4.69, 9.17) is 13.3 Å². The first-order chi connectivity index (χ1) is 8.15. The average molecular weight is 200 g/mol. The van der Waals surface area contributed by atoms with Crippen LogP contribution < -0.4 is 0 Å². The van der Waals surface area contributed by atoms with Gasteiger partial charge in [0.15, 0.2) is 6.27 Å². The predicted octanol–water partition coefficient (Wildman–Crippen LogP) is -2.57. The highest BCUT2D eigenvalue weighted by Gasteiger charge is 2.43. The lowest BCUT2D eigenvalue weighted by atomic mass is 9.99. The van der Waals surface area contributed by atoms with Crippen molar-refractivity contribution in [2.75, 3.05) is 13.7 Å².